The van der Waals surface area contributed by atoms with E-state index in [1.807, 2.05) is 6.92 Å². The lowest BCUT2D eigenvalue weighted by Gasteiger charge is -2.19. The molecule has 0 fully saturated rings. The zero-order valence-corrected chi connectivity index (χ0v) is 11.2. The molecule has 1 atom stereocenters. The van der Waals surface area contributed by atoms with Crippen molar-refractivity contribution in [2.45, 2.75) is 32.9 Å². The SMILES string of the molecule is CCC(C)NCC(=O)N(C)Cc1ccc(F)cc1. The monoisotopic (exact) mass is 252 g/mol. The van der Waals surface area contributed by atoms with Crippen molar-refractivity contribution in [1.29, 1.82) is 0 Å². The summed E-state index contributed by atoms with van der Waals surface area (Å²) in [5, 5.41) is 3.16. The molecule has 3 nitrogen and oxygen atoms in total. The summed E-state index contributed by atoms with van der Waals surface area (Å²) in [4.78, 5) is 13.5. The Balaban J connectivity index is 2.42. The van der Waals surface area contributed by atoms with Gasteiger partial charge >= 0.3 is 0 Å². The summed E-state index contributed by atoms with van der Waals surface area (Å²) in [7, 11) is 1.75. The van der Waals surface area contributed by atoms with E-state index < -0.39 is 0 Å². The summed E-state index contributed by atoms with van der Waals surface area (Å²) in [6.45, 7) is 4.96. The first-order valence-corrected chi connectivity index (χ1v) is 6.24. The molecule has 0 aliphatic heterocycles. The number of hydrogen-bond donors (Lipinski definition) is 1. The minimum Gasteiger partial charge on any atom is -0.340 e. The Morgan fingerprint density at radius 1 is 1.39 bits per heavy atom. The second kappa shape index (κ2) is 7.11. The number of rotatable bonds is 6. The molecule has 0 aromatic heterocycles. The van der Waals surface area contributed by atoms with Gasteiger partial charge < -0.3 is 10.2 Å². The molecular weight excluding hydrogens is 231 g/mol. The van der Waals surface area contributed by atoms with Crippen LogP contribution in [-0.4, -0.2) is 30.4 Å². The Morgan fingerprint density at radius 2 is 2.00 bits per heavy atom. The molecule has 100 valence electrons. The van der Waals surface area contributed by atoms with Crippen molar-refractivity contribution in [3.05, 3.63) is 35.6 Å². The van der Waals surface area contributed by atoms with Crippen LogP contribution in [0, 0.1) is 5.82 Å². The molecule has 4 heteroatoms. The van der Waals surface area contributed by atoms with Gasteiger partial charge in [0.2, 0.25) is 5.91 Å². The number of amides is 1. The molecule has 18 heavy (non-hydrogen) atoms. The van der Waals surface area contributed by atoms with Gasteiger partial charge in [-0.15, -0.1) is 0 Å². The van der Waals surface area contributed by atoms with Crippen LogP contribution in [-0.2, 0) is 11.3 Å². The van der Waals surface area contributed by atoms with Gasteiger partial charge in [0.25, 0.3) is 0 Å². The van der Waals surface area contributed by atoms with Gasteiger partial charge in [-0.3, -0.25) is 4.79 Å². The molecule has 0 radical (unpaired) electrons. The summed E-state index contributed by atoms with van der Waals surface area (Å²) in [6.07, 6.45) is 0.995. The third kappa shape index (κ3) is 4.84. The largest absolute Gasteiger partial charge is 0.340 e. The average molecular weight is 252 g/mol. The van der Waals surface area contributed by atoms with E-state index >= 15 is 0 Å². The summed E-state index contributed by atoms with van der Waals surface area (Å²) < 4.78 is 12.7. The normalized spacial score (nSPS) is 12.2. The highest BCUT2D eigenvalue weighted by Crippen LogP contribution is 2.05. The van der Waals surface area contributed by atoms with Crippen molar-refractivity contribution in [2.75, 3.05) is 13.6 Å². The molecule has 0 saturated carbocycles. The highest BCUT2D eigenvalue weighted by molar-refractivity contribution is 5.77. The number of hydrogen-bond acceptors (Lipinski definition) is 2. The van der Waals surface area contributed by atoms with Gasteiger partial charge in [0.1, 0.15) is 5.82 Å². The maximum atomic E-state index is 12.7. The molecule has 0 bridgehead atoms. The average Bonchev–Trinajstić information content (AvgIpc) is 2.38. The van der Waals surface area contributed by atoms with Crippen LogP contribution in [0.1, 0.15) is 25.8 Å². The Bertz CT molecular complexity index is 378. The lowest BCUT2D eigenvalue weighted by molar-refractivity contribution is -0.129. The molecular formula is C14H21FN2O. The minimum atomic E-state index is -0.258. The van der Waals surface area contributed by atoms with Crippen molar-refractivity contribution in [3.63, 3.8) is 0 Å². The van der Waals surface area contributed by atoms with Crippen LogP contribution in [0.2, 0.25) is 0 Å². The quantitative estimate of drug-likeness (QED) is 0.841. The van der Waals surface area contributed by atoms with E-state index in [1.54, 1.807) is 24.1 Å². The molecule has 1 unspecified atom stereocenters. The zero-order valence-electron chi connectivity index (χ0n) is 11.2. The van der Waals surface area contributed by atoms with Gasteiger partial charge in [0, 0.05) is 19.6 Å². The van der Waals surface area contributed by atoms with E-state index in [9.17, 15) is 9.18 Å². The van der Waals surface area contributed by atoms with Crippen molar-refractivity contribution in [3.8, 4) is 0 Å². The van der Waals surface area contributed by atoms with Crippen molar-refractivity contribution in [2.24, 2.45) is 0 Å². The third-order valence-electron chi connectivity index (χ3n) is 2.97. The van der Waals surface area contributed by atoms with Crippen LogP contribution in [0.3, 0.4) is 0 Å². The fraction of sp³-hybridized carbons (Fsp3) is 0.500. The Labute approximate surface area is 108 Å². The van der Waals surface area contributed by atoms with Crippen LogP contribution >= 0.6 is 0 Å². The zero-order chi connectivity index (χ0) is 13.5. The molecule has 1 N–H and O–H groups in total. The number of benzene rings is 1. The number of carbonyl (C=O) groups is 1. The fourth-order valence-electron chi connectivity index (χ4n) is 1.49. The van der Waals surface area contributed by atoms with Crippen LogP contribution in [0.25, 0.3) is 0 Å². The van der Waals surface area contributed by atoms with Crippen molar-refractivity contribution >= 4 is 5.91 Å². The maximum absolute atomic E-state index is 12.7. The number of halogens is 1. The van der Waals surface area contributed by atoms with Crippen LogP contribution in [0.5, 0.6) is 0 Å². The van der Waals surface area contributed by atoms with Crippen LogP contribution in [0.15, 0.2) is 24.3 Å². The van der Waals surface area contributed by atoms with E-state index in [4.69, 9.17) is 0 Å². The number of nitrogens with one attached hydrogen (secondary N) is 1. The Kier molecular flexibility index (Phi) is 5.78. The van der Waals surface area contributed by atoms with E-state index in [-0.39, 0.29) is 11.7 Å². The number of likely N-dealkylation sites (N-methyl/N-ethyl adjacent to an activating group) is 1. The van der Waals surface area contributed by atoms with Gasteiger partial charge in [-0.2, -0.15) is 0 Å². The molecule has 0 saturated heterocycles. The first kappa shape index (κ1) is 14.6. The van der Waals surface area contributed by atoms with E-state index in [1.165, 1.54) is 12.1 Å². The first-order valence-electron chi connectivity index (χ1n) is 6.24. The standard InChI is InChI=1S/C14H21FN2O/c1-4-11(2)16-9-14(18)17(3)10-12-5-7-13(15)8-6-12/h5-8,11,16H,4,9-10H2,1-3H3. The molecule has 0 spiro atoms. The molecule has 1 aromatic carbocycles. The van der Waals surface area contributed by atoms with Gasteiger partial charge in [0.05, 0.1) is 6.54 Å². The second-order valence-electron chi connectivity index (χ2n) is 4.57. The lowest BCUT2D eigenvalue weighted by atomic mass is 10.2. The van der Waals surface area contributed by atoms with Crippen LogP contribution < -0.4 is 5.32 Å². The molecule has 1 aromatic rings. The van der Waals surface area contributed by atoms with Gasteiger partial charge in [-0.25, -0.2) is 4.39 Å². The smallest absolute Gasteiger partial charge is 0.236 e. The Hall–Kier alpha value is -1.42. The minimum absolute atomic E-state index is 0.0413. The summed E-state index contributed by atoms with van der Waals surface area (Å²) >= 11 is 0. The summed E-state index contributed by atoms with van der Waals surface area (Å²) in [5.74, 6) is -0.217. The highest BCUT2D eigenvalue weighted by Gasteiger charge is 2.10. The summed E-state index contributed by atoms with van der Waals surface area (Å²) in [6, 6.07) is 6.55. The predicted octanol–water partition coefficient (Wildman–Crippen LogP) is 2.17. The van der Waals surface area contributed by atoms with E-state index in [2.05, 4.69) is 12.2 Å². The molecule has 1 rings (SSSR count). The number of carbonyl (C=O) groups excluding carboxylic acids is 1. The topological polar surface area (TPSA) is 32.3 Å². The highest BCUT2D eigenvalue weighted by atomic mass is 19.1. The Morgan fingerprint density at radius 3 is 2.56 bits per heavy atom. The molecule has 0 aliphatic carbocycles. The molecule has 1 amide bonds. The van der Waals surface area contributed by atoms with Gasteiger partial charge in [-0.1, -0.05) is 19.1 Å². The fourth-order valence-corrected chi connectivity index (χ4v) is 1.49. The molecule has 0 aliphatic rings. The van der Waals surface area contributed by atoms with Crippen molar-refractivity contribution in [1.82, 2.24) is 10.2 Å². The van der Waals surface area contributed by atoms with Crippen molar-refractivity contribution < 1.29 is 9.18 Å². The predicted molar refractivity (Wildman–Crippen MR) is 70.6 cm³/mol. The summed E-state index contributed by atoms with van der Waals surface area (Å²) in [5.41, 5.74) is 0.927. The number of nitrogens with zero attached hydrogens (tertiary/aromatic N) is 1. The van der Waals surface area contributed by atoms with E-state index in [0.717, 1.165) is 12.0 Å². The van der Waals surface area contributed by atoms with Gasteiger partial charge in [0.15, 0.2) is 0 Å². The first-order chi connectivity index (χ1) is 8.52. The van der Waals surface area contributed by atoms with Crippen LogP contribution in [0.4, 0.5) is 4.39 Å². The molecule has 0 heterocycles. The third-order valence-corrected chi connectivity index (χ3v) is 2.97. The lowest BCUT2D eigenvalue weighted by Crippen LogP contribution is -2.38. The van der Waals surface area contributed by atoms with E-state index in [0.29, 0.717) is 19.1 Å². The maximum Gasteiger partial charge on any atom is 0.236 e. The van der Waals surface area contributed by atoms with Gasteiger partial charge in [-0.05, 0) is 31.0 Å². The second-order valence-corrected chi connectivity index (χ2v) is 4.57.